The standard InChI is InChI=1S/C11H19NO3/c1-14-11(13)6-7-5-8-9(12)3-2-4-10(8)15-7/h7-10H,2-6,12H2,1H3/t7-,8-,9-,10+/m1/s1. The average Bonchev–Trinajstić information content (AvgIpc) is 2.62. The summed E-state index contributed by atoms with van der Waals surface area (Å²) in [5.41, 5.74) is 6.05. The molecule has 0 radical (unpaired) electrons. The third-order valence-electron chi connectivity index (χ3n) is 3.58. The fourth-order valence-corrected chi connectivity index (χ4v) is 2.76. The molecule has 0 aromatic carbocycles. The SMILES string of the molecule is COC(=O)C[C@H]1C[C@@H]2[C@H](N)CCC[C@@H]2O1. The third kappa shape index (κ3) is 2.32. The lowest BCUT2D eigenvalue weighted by molar-refractivity contribution is -0.143. The summed E-state index contributed by atoms with van der Waals surface area (Å²) in [4.78, 5) is 11.1. The molecular weight excluding hydrogens is 194 g/mol. The summed E-state index contributed by atoms with van der Waals surface area (Å²) in [6.07, 6.45) is 4.93. The first-order valence-electron chi connectivity index (χ1n) is 5.68. The second-order valence-corrected chi connectivity index (χ2v) is 4.57. The van der Waals surface area contributed by atoms with Gasteiger partial charge in [-0.25, -0.2) is 0 Å². The zero-order chi connectivity index (χ0) is 10.8. The van der Waals surface area contributed by atoms with Crippen LogP contribution in [-0.2, 0) is 14.3 Å². The van der Waals surface area contributed by atoms with Gasteiger partial charge < -0.3 is 15.2 Å². The lowest BCUT2D eigenvalue weighted by atomic mass is 9.81. The molecule has 1 aliphatic heterocycles. The molecule has 4 nitrogen and oxygen atoms in total. The van der Waals surface area contributed by atoms with Gasteiger partial charge in [-0.15, -0.1) is 0 Å². The maximum atomic E-state index is 11.1. The number of rotatable bonds is 2. The van der Waals surface area contributed by atoms with Crippen molar-refractivity contribution in [3.8, 4) is 0 Å². The highest BCUT2D eigenvalue weighted by Gasteiger charge is 2.41. The zero-order valence-corrected chi connectivity index (χ0v) is 9.15. The van der Waals surface area contributed by atoms with Crippen LogP contribution in [-0.4, -0.2) is 31.3 Å². The van der Waals surface area contributed by atoms with Crippen molar-refractivity contribution in [3.05, 3.63) is 0 Å². The summed E-state index contributed by atoms with van der Waals surface area (Å²) >= 11 is 0. The Labute approximate surface area is 90.1 Å². The minimum atomic E-state index is -0.188. The van der Waals surface area contributed by atoms with Crippen LogP contribution in [0.5, 0.6) is 0 Å². The van der Waals surface area contributed by atoms with E-state index in [1.807, 2.05) is 0 Å². The first kappa shape index (κ1) is 10.9. The first-order chi connectivity index (χ1) is 7.20. The Morgan fingerprint density at radius 3 is 3.00 bits per heavy atom. The van der Waals surface area contributed by atoms with Crippen LogP contribution in [0, 0.1) is 5.92 Å². The minimum Gasteiger partial charge on any atom is -0.469 e. The maximum absolute atomic E-state index is 11.1. The lowest BCUT2D eigenvalue weighted by Crippen LogP contribution is -2.38. The van der Waals surface area contributed by atoms with Crippen molar-refractivity contribution in [2.75, 3.05) is 7.11 Å². The van der Waals surface area contributed by atoms with E-state index in [4.69, 9.17) is 10.5 Å². The van der Waals surface area contributed by atoms with Gasteiger partial charge in [0.25, 0.3) is 0 Å². The van der Waals surface area contributed by atoms with Crippen molar-refractivity contribution in [2.24, 2.45) is 11.7 Å². The van der Waals surface area contributed by atoms with E-state index in [0.29, 0.717) is 12.3 Å². The molecule has 4 heteroatoms. The Bertz CT molecular complexity index is 244. The number of nitrogens with two attached hydrogens (primary N) is 1. The van der Waals surface area contributed by atoms with E-state index in [1.165, 1.54) is 7.11 Å². The van der Waals surface area contributed by atoms with Crippen LogP contribution in [0.25, 0.3) is 0 Å². The van der Waals surface area contributed by atoms with E-state index in [0.717, 1.165) is 25.7 Å². The first-order valence-corrected chi connectivity index (χ1v) is 5.68. The van der Waals surface area contributed by atoms with Crippen LogP contribution >= 0.6 is 0 Å². The zero-order valence-electron chi connectivity index (χ0n) is 9.15. The fraction of sp³-hybridized carbons (Fsp3) is 0.909. The second-order valence-electron chi connectivity index (χ2n) is 4.57. The van der Waals surface area contributed by atoms with Crippen LogP contribution in [0.3, 0.4) is 0 Å². The third-order valence-corrected chi connectivity index (χ3v) is 3.58. The minimum absolute atomic E-state index is 0.0246. The Kier molecular flexibility index (Phi) is 3.26. The molecule has 1 saturated heterocycles. The summed E-state index contributed by atoms with van der Waals surface area (Å²) in [7, 11) is 1.41. The number of carbonyl (C=O) groups is 1. The van der Waals surface area contributed by atoms with Crippen LogP contribution in [0.4, 0.5) is 0 Å². The Morgan fingerprint density at radius 1 is 1.53 bits per heavy atom. The molecule has 2 N–H and O–H groups in total. The number of ether oxygens (including phenoxy) is 2. The van der Waals surface area contributed by atoms with Gasteiger partial charge in [-0.2, -0.15) is 0 Å². The van der Waals surface area contributed by atoms with Crippen LogP contribution in [0.2, 0.25) is 0 Å². The van der Waals surface area contributed by atoms with E-state index in [9.17, 15) is 4.79 Å². The molecule has 4 atom stereocenters. The molecular formula is C11H19NO3. The van der Waals surface area contributed by atoms with Crippen LogP contribution < -0.4 is 5.73 Å². The molecule has 1 heterocycles. The van der Waals surface area contributed by atoms with Gasteiger partial charge in [0.1, 0.15) is 0 Å². The van der Waals surface area contributed by atoms with E-state index in [2.05, 4.69) is 4.74 Å². The molecule has 0 aromatic heterocycles. The van der Waals surface area contributed by atoms with Gasteiger partial charge in [0.05, 0.1) is 25.7 Å². The molecule has 86 valence electrons. The van der Waals surface area contributed by atoms with Crippen molar-refractivity contribution in [2.45, 2.75) is 50.4 Å². The van der Waals surface area contributed by atoms with E-state index in [-0.39, 0.29) is 24.2 Å². The van der Waals surface area contributed by atoms with Gasteiger partial charge >= 0.3 is 5.97 Å². The summed E-state index contributed by atoms with van der Waals surface area (Å²) in [6.45, 7) is 0. The van der Waals surface area contributed by atoms with Crippen molar-refractivity contribution < 1.29 is 14.3 Å². The number of carbonyl (C=O) groups excluding carboxylic acids is 1. The average molecular weight is 213 g/mol. The highest BCUT2D eigenvalue weighted by atomic mass is 16.5. The summed E-state index contributed by atoms with van der Waals surface area (Å²) < 4.78 is 10.5. The number of methoxy groups -OCH3 is 1. The van der Waals surface area contributed by atoms with Crippen molar-refractivity contribution >= 4 is 5.97 Å². The molecule has 2 fully saturated rings. The van der Waals surface area contributed by atoms with Gasteiger partial charge in [0.2, 0.25) is 0 Å². The van der Waals surface area contributed by atoms with Crippen LogP contribution in [0.15, 0.2) is 0 Å². The Hall–Kier alpha value is -0.610. The molecule has 15 heavy (non-hydrogen) atoms. The number of hydrogen-bond acceptors (Lipinski definition) is 4. The quantitative estimate of drug-likeness (QED) is 0.690. The van der Waals surface area contributed by atoms with Crippen molar-refractivity contribution in [3.63, 3.8) is 0 Å². The van der Waals surface area contributed by atoms with Crippen LogP contribution in [0.1, 0.15) is 32.1 Å². The highest BCUT2D eigenvalue weighted by Crippen LogP contribution is 2.37. The van der Waals surface area contributed by atoms with Crippen molar-refractivity contribution in [1.29, 1.82) is 0 Å². The Morgan fingerprint density at radius 2 is 2.33 bits per heavy atom. The molecule has 2 rings (SSSR count). The summed E-state index contributed by atoms with van der Waals surface area (Å²) in [6, 6.07) is 0.256. The molecule has 0 amide bonds. The Balaban J connectivity index is 1.89. The normalized spacial score (nSPS) is 39.9. The lowest BCUT2D eigenvalue weighted by Gasteiger charge is -2.29. The predicted molar refractivity (Wildman–Crippen MR) is 55.2 cm³/mol. The van der Waals surface area contributed by atoms with Gasteiger partial charge in [0.15, 0.2) is 0 Å². The molecule has 0 aromatic rings. The van der Waals surface area contributed by atoms with Crippen molar-refractivity contribution in [1.82, 2.24) is 0 Å². The summed E-state index contributed by atoms with van der Waals surface area (Å²) in [5, 5.41) is 0. The summed E-state index contributed by atoms with van der Waals surface area (Å²) in [5.74, 6) is 0.264. The molecule has 0 spiro atoms. The van der Waals surface area contributed by atoms with Gasteiger partial charge in [-0.1, -0.05) is 0 Å². The number of fused-ring (bicyclic) bond motifs is 1. The van der Waals surface area contributed by atoms with Gasteiger partial charge in [-0.3, -0.25) is 4.79 Å². The molecule has 1 aliphatic carbocycles. The largest absolute Gasteiger partial charge is 0.469 e. The van der Waals surface area contributed by atoms with E-state index >= 15 is 0 Å². The van der Waals surface area contributed by atoms with Gasteiger partial charge in [0, 0.05) is 12.0 Å². The monoisotopic (exact) mass is 213 g/mol. The fourth-order valence-electron chi connectivity index (χ4n) is 2.76. The predicted octanol–water partition coefficient (Wildman–Crippen LogP) is 0.834. The highest BCUT2D eigenvalue weighted by molar-refractivity contribution is 5.69. The van der Waals surface area contributed by atoms with Gasteiger partial charge in [-0.05, 0) is 25.7 Å². The molecule has 0 unspecified atom stereocenters. The van der Waals surface area contributed by atoms with E-state index < -0.39 is 0 Å². The topological polar surface area (TPSA) is 61.5 Å². The molecule has 1 saturated carbocycles. The van der Waals surface area contributed by atoms with E-state index in [1.54, 1.807) is 0 Å². The maximum Gasteiger partial charge on any atom is 0.308 e. The number of esters is 1. The smallest absolute Gasteiger partial charge is 0.308 e. The molecule has 2 aliphatic rings. The number of hydrogen-bond donors (Lipinski definition) is 1. The second kappa shape index (κ2) is 4.49. The molecule has 0 bridgehead atoms.